The van der Waals surface area contributed by atoms with Gasteiger partial charge in [-0.3, -0.25) is 0 Å². The first-order chi connectivity index (χ1) is 13.0. The second-order valence-electron chi connectivity index (χ2n) is 6.28. The first-order valence-corrected chi connectivity index (χ1v) is 8.92. The zero-order valence-electron chi connectivity index (χ0n) is 14.1. The van der Waals surface area contributed by atoms with Crippen molar-refractivity contribution in [3.8, 4) is 0 Å². The summed E-state index contributed by atoms with van der Waals surface area (Å²) in [5, 5.41) is 7.50. The van der Waals surface area contributed by atoms with Gasteiger partial charge in [-0.15, -0.1) is 5.11 Å². The van der Waals surface area contributed by atoms with Crippen molar-refractivity contribution in [3.05, 3.63) is 68.7 Å². The average Bonchev–Trinajstić information content (AvgIpc) is 2.99. The van der Waals surface area contributed by atoms with Gasteiger partial charge in [-0.25, -0.2) is 0 Å². The Kier molecular flexibility index (Phi) is 5.69. The number of benzene rings is 2. The molecule has 3 rings (SSSR count). The van der Waals surface area contributed by atoms with Crippen LogP contribution in [0.25, 0.3) is 0 Å². The lowest BCUT2D eigenvalue weighted by atomic mass is 10.1. The Bertz CT molecular complexity index is 862. The second kappa shape index (κ2) is 7.73. The summed E-state index contributed by atoms with van der Waals surface area (Å²) < 4.78 is 78.0. The van der Waals surface area contributed by atoms with Gasteiger partial charge in [-0.2, -0.15) is 26.3 Å². The molecule has 0 spiro atoms. The van der Waals surface area contributed by atoms with Crippen molar-refractivity contribution in [1.82, 2.24) is 0 Å². The standard InChI is InChI=1S/C18H13BrF6N2O/c19-14-2-3-15-11(7-14)1-4-16(15)26-27-28-9-10-5-12(17(20,21)22)8-13(6-10)18(23,24)25/h2-3,5-8,16H,1,4,9H2. The number of alkyl halides is 6. The Morgan fingerprint density at radius 1 is 0.964 bits per heavy atom. The lowest BCUT2D eigenvalue weighted by Crippen LogP contribution is -2.12. The lowest BCUT2D eigenvalue weighted by Gasteiger charge is -2.13. The molecule has 0 fully saturated rings. The van der Waals surface area contributed by atoms with Crippen LogP contribution in [0.4, 0.5) is 26.3 Å². The Hall–Kier alpha value is -2.10. The average molecular weight is 467 g/mol. The molecule has 0 N–H and O–H groups in total. The second-order valence-corrected chi connectivity index (χ2v) is 7.20. The molecule has 2 aromatic rings. The number of fused-ring (bicyclic) bond motifs is 1. The molecule has 150 valence electrons. The van der Waals surface area contributed by atoms with E-state index in [1.165, 1.54) is 0 Å². The molecule has 28 heavy (non-hydrogen) atoms. The van der Waals surface area contributed by atoms with E-state index in [1.807, 2.05) is 18.2 Å². The van der Waals surface area contributed by atoms with Gasteiger partial charge in [0.15, 0.2) is 0 Å². The molecule has 0 radical (unpaired) electrons. The zero-order chi connectivity index (χ0) is 20.5. The van der Waals surface area contributed by atoms with Crippen molar-refractivity contribution < 1.29 is 31.2 Å². The van der Waals surface area contributed by atoms with E-state index >= 15 is 0 Å². The Morgan fingerprint density at radius 3 is 2.21 bits per heavy atom. The molecule has 0 aromatic heterocycles. The molecule has 0 amide bonds. The molecule has 0 bridgehead atoms. The first-order valence-electron chi connectivity index (χ1n) is 8.13. The van der Waals surface area contributed by atoms with E-state index in [0.717, 1.165) is 22.0 Å². The number of hydrogen-bond donors (Lipinski definition) is 0. The molecule has 1 aliphatic carbocycles. The minimum Gasteiger partial charge on any atom is -0.375 e. The first kappa shape index (κ1) is 20.6. The van der Waals surface area contributed by atoms with E-state index in [2.05, 4.69) is 26.3 Å². The molecule has 0 aliphatic heterocycles. The lowest BCUT2D eigenvalue weighted by molar-refractivity contribution is -0.143. The molecule has 1 atom stereocenters. The normalized spacial score (nSPS) is 17.2. The van der Waals surface area contributed by atoms with Crippen LogP contribution in [0.15, 0.2) is 51.3 Å². The smallest absolute Gasteiger partial charge is 0.375 e. The van der Waals surface area contributed by atoms with Crippen molar-refractivity contribution in [2.45, 2.75) is 37.8 Å². The van der Waals surface area contributed by atoms with E-state index in [-0.39, 0.29) is 17.7 Å². The van der Waals surface area contributed by atoms with Gasteiger partial charge in [0.2, 0.25) is 0 Å². The quantitative estimate of drug-likeness (QED) is 0.269. The van der Waals surface area contributed by atoms with E-state index in [0.29, 0.717) is 18.6 Å². The van der Waals surface area contributed by atoms with Crippen LogP contribution in [0.2, 0.25) is 0 Å². The fraction of sp³-hybridized carbons (Fsp3) is 0.333. The van der Waals surface area contributed by atoms with Crippen LogP contribution in [0.1, 0.15) is 40.3 Å². The highest BCUT2D eigenvalue weighted by Gasteiger charge is 2.36. The Labute approximate surface area is 164 Å². The molecule has 0 saturated carbocycles. The number of aryl methyl sites for hydroxylation is 1. The van der Waals surface area contributed by atoms with E-state index in [9.17, 15) is 26.3 Å². The van der Waals surface area contributed by atoms with Gasteiger partial charge in [0.1, 0.15) is 6.61 Å². The van der Waals surface area contributed by atoms with E-state index < -0.39 is 30.1 Å². The summed E-state index contributed by atoms with van der Waals surface area (Å²) in [6.07, 6.45) is -8.32. The number of nitrogens with zero attached hydrogens (tertiary/aromatic N) is 2. The third kappa shape index (κ3) is 4.84. The summed E-state index contributed by atoms with van der Waals surface area (Å²) in [7, 11) is 0. The molecule has 10 heteroatoms. The summed E-state index contributed by atoms with van der Waals surface area (Å²) in [6.45, 7) is -0.559. The third-order valence-electron chi connectivity index (χ3n) is 4.27. The van der Waals surface area contributed by atoms with Crippen LogP contribution in [-0.4, -0.2) is 0 Å². The van der Waals surface area contributed by atoms with Crippen molar-refractivity contribution >= 4 is 15.9 Å². The topological polar surface area (TPSA) is 34.0 Å². The summed E-state index contributed by atoms with van der Waals surface area (Å²) >= 11 is 3.38. The maximum absolute atomic E-state index is 12.8. The number of hydrogen-bond acceptors (Lipinski definition) is 3. The number of rotatable bonds is 4. The van der Waals surface area contributed by atoms with Crippen molar-refractivity contribution in [3.63, 3.8) is 0 Å². The van der Waals surface area contributed by atoms with Gasteiger partial charge < -0.3 is 4.84 Å². The summed E-state index contributed by atoms with van der Waals surface area (Å²) in [5.41, 5.74) is -1.02. The SMILES string of the molecule is FC(F)(F)c1cc(CON=NC2CCc3cc(Br)ccc32)cc(C(F)(F)F)c1. The molecular formula is C18H13BrF6N2O. The fourth-order valence-electron chi connectivity index (χ4n) is 2.98. The van der Waals surface area contributed by atoms with Gasteiger partial charge in [0.25, 0.3) is 0 Å². The van der Waals surface area contributed by atoms with E-state index in [1.54, 1.807) is 0 Å². The van der Waals surface area contributed by atoms with Crippen molar-refractivity contribution in [2.75, 3.05) is 0 Å². The van der Waals surface area contributed by atoms with Crippen LogP contribution < -0.4 is 0 Å². The van der Waals surface area contributed by atoms with Crippen molar-refractivity contribution in [1.29, 1.82) is 0 Å². The highest BCUT2D eigenvalue weighted by Crippen LogP contribution is 2.37. The minimum absolute atomic E-state index is 0.0681. The predicted molar refractivity (Wildman–Crippen MR) is 91.3 cm³/mol. The van der Waals surface area contributed by atoms with Crippen LogP contribution in [0.3, 0.4) is 0 Å². The van der Waals surface area contributed by atoms with Gasteiger partial charge in [0.05, 0.1) is 17.2 Å². The van der Waals surface area contributed by atoms with Crippen molar-refractivity contribution in [2.24, 2.45) is 10.4 Å². The van der Waals surface area contributed by atoms with Crippen LogP contribution >= 0.6 is 15.9 Å². The fourth-order valence-corrected chi connectivity index (χ4v) is 3.39. The zero-order valence-corrected chi connectivity index (χ0v) is 15.7. The summed E-state index contributed by atoms with van der Waals surface area (Å²) in [6, 6.07) is 6.73. The molecule has 1 aliphatic rings. The summed E-state index contributed by atoms with van der Waals surface area (Å²) in [4.78, 5) is 4.87. The van der Waals surface area contributed by atoms with Gasteiger partial charge in [-0.05, 0) is 59.9 Å². The maximum Gasteiger partial charge on any atom is 0.416 e. The monoisotopic (exact) mass is 466 g/mol. The molecule has 2 aromatic carbocycles. The highest BCUT2D eigenvalue weighted by atomic mass is 79.9. The Morgan fingerprint density at radius 2 is 1.61 bits per heavy atom. The predicted octanol–water partition coefficient (Wildman–Crippen LogP) is 7.06. The largest absolute Gasteiger partial charge is 0.416 e. The van der Waals surface area contributed by atoms with Gasteiger partial charge in [0, 0.05) is 9.75 Å². The van der Waals surface area contributed by atoms with Gasteiger partial charge in [-0.1, -0.05) is 22.0 Å². The molecule has 3 nitrogen and oxygen atoms in total. The van der Waals surface area contributed by atoms with Crippen LogP contribution in [0, 0.1) is 0 Å². The molecule has 0 heterocycles. The van der Waals surface area contributed by atoms with Gasteiger partial charge >= 0.3 is 12.4 Å². The highest BCUT2D eigenvalue weighted by molar-refractivity contribution is 9.10. The molecule has 0 saturated heterocycles. The molecule has 1 unspecified atom stereocenters. The maximum atomic E-state index is 12.8. The van der Waals surface area contributed by atoms with Crippen LogP contribution in [-0.2, 0) is 30.2 Å². The Balaban J connectivity index is 1.71. The molecular weight excluding hydrogens is 454 g/mol. The number of halogens is 7. The minimum atomic E-state index is -4.90. The van der Waals surface area contributed by atoms with Crippen LogP contribution in [0.5, 0.6) is 0 Å². The summed E-state index contributed by atoms with van der Waals surface area (Å²) in [5.74, 6) is 0. The van der Waals surface area contributed by atoms with E-state index in [4.69, 9.17) is 4.84 Å². The third-order valence-corrected chi connectivity index (χ3v) is 4.77.